The van der Waals surface area contributed by atoms with Crippen LogP contribution in [0.2, 0.25) is 0 Å². The van der Waals surface area contributed by atoms with Crippen molar-refractivity contribution in [2.75, 3.05) is 5.75 Å². The number of hydrogen-bond donors (Lipinski definition) is 1. The summed E-state index contributed by atoms with van der Waals surface area (Å²) in [6, 6.07) is 7.25. The van der Waals surface area contributed by atoms with Crippen molar-refractivity contribution in [2.45, 2.75) is 57.0 Å². The Hall–Kier alpha value is -0.670. The maximum atomic E-state index is 12.1. The van der Waals surface area contributed by atoms with Gasteiger partial charge in [-0.3, -0.25) is 4.21 Å². The average Bonchev–Trinajstić information content (AvgIpc) is 2.32. The first-order chi connectivity index (χ1) is 8.49. The van der Waals surface area contributed by atoms with Crippen molar-refractivity contribution in [3.8, 4) is 0 Å². The third-order valence-electron chi connectivity index (χ3n) is 3.45. The van der Waals surface area contributed by atoms with Crippen LogP contribution in [0.15, 0.2) is 23.1 Å². The predicted octanol–water partition coefficient (Wildman–Crippen LogP) is 3.36. The molecule has 1 N–H and O–H groups in total. The molecule has 2 rings (SSSR count). The lowest BCUT2D eigenvalue weighted by Crippen LogP contribution is -2.32. The van der Waals surface area contributed by atoms with Crippen LogP contribution in [-0.4, -0.2) is 16.0 Å². The Bertz CT molecular complexity index is 454. The molecule has 18 heavy (non-hydrogen) atoms. The Balaban J connectivity index is 2.40. The van der Waals surface area contributed by atoms with Crippen LogP contribution in [0.4, 0.5) is 0 Å². The minimum absolute atomic E-state index is 0.358. The molecule has 0 radical (unpaired) electrons. The van der Waals surface area contributed by atoms with Crippen LogP contribution in [-0.2, 0) is 10.8 Å². The van der Waals surface area contributed by atoms with Gasteiger partial charge in [0.25, 0.3) is 0 Å². The first-order valence-electron chi connectivity index (χ1n) is 6.77. The smallest absolute Gasteiger partial charge is 0.0533 e. The summed E-state index contributed by atoms with van der Waals surface area (Å²) >= 11 is 0. The zero-order valence-electron chi connectivity index (χ0n) is 11.7. The third kappa shape index (κ3) is 2.83. The predicted molar refractivity (Wildman–Crippen MR) is 77.4 cm³/mol. The SMILES string of the molecule is CC(C)NC1CCS(=O)c2ccc(C(C)C)cc21. The highest BCUT2D eigenvalue weighted by atomic mass is 32.2. The van der Waals surface area contributed by atoms with Crippen molar-refractivity contribution in [3.63, 3.8) is 0 Å². The molecule has 0 saturated carbocycles. The molecule has 0 fully saturated rings. The van der Waals surface area contributed by atoms with Crippen molar-refractivity contribution in [2.24, 2.45) is 0 Å². The van der Waals surface area contributed by atoms with Crippen LogP contribution in [0.25, 0.3) is 0 Å². The second-order valence-corrected chi connectivity index (χ2v) is 7.20. The Labute approximate surface area is 113 Å². The Morgan fingerprint density at radius 3 is 2.61 bits per heavy atom. The summed E-state index contributed by atoms with van der Waals surface area (Å²) < 4.78 is 12.1. The number of fused-ring (bicyclic) bond motifs is 1. The highest BCUT2D eigenvalue weighted by molar-refractivity contribution is 7.85. The highest BCUT2D eigenvalue weighted by Crippen LogP contribution is 2.32. The standard InChI is InChI=1S/C15H23NOS/c1-10(2)12-5-6-15-13(9-12)14(16-11(3)4)7-8-18(15)17/h5-6,9-11,14,16H,7-8H2,1-4H3. The molecule has 0 spiro atoms. The van der Waals surface area contributed by atoms with Gasteiger partial charge >= 0.3 is 0 Å². The fourth-order valence-electron chi connectivity index (χ4n) is 2.47. The van der Waals surface area contributed by atoms with Crippen LogP contribution in [0.3, 0.4) is 0 Å². The van der Waals surface area contributed by atoms with Gasteiger partial charge in [-0.05, 0) is 29.5 Å². The lowest BCUT2D eigenvalue weighted by atomic mass is 9.96. The molecule has 2 unspecified atom stereocenters. The molecule has 1 aliphatic heterocycles. The first kappa shape index (κ1) is 13.8. The minimum Gasteiger partial charge on any atom is -0.308 e. The van der Waals surface area contributed by atoms with Gasteiger partial charge in [0.15, 0.2) is 0 Å². The van der Waals surface area contributed by atoms with Gasteiger partial charge in [0.05, 0.1) is 10.8 Å². The summed E-state index contributed by atoms with van der Waals surface area (Å²) in [6.45, 7) is 8.73. The van der Waals surface area contributed by atoms with E-state index in [4.69, 9.17) is 0 Å². The van der Waals surface area contributed by atoms with E-state index in [-0.39, 0.29) is 0 Å². The molecule has 2 nitrogen and oxygen atoms in total. The molecule has 1 heterocycles. The molecular weight excluding hydrogens is 242 g/mol. The quantitative estimate of drug-likeness (QED) is 0.908. The number of hydrogen-bond acceptors (Lipinski definition) is 2. The van der Waals surface area contributed by atoms with Gasteiger partial charge < -0.3 is 5.32 Å². The normalized spacial score (nSPS) is 23.4. The molecule has 3 heteroatoms. The average molecular weight is 265 g/mol. The molecule has 2 atom stereocenters. The van der Waals surface area contributed by atoms with E-state index in [1.165, 1.54) is 11.1 Å². The number of benzene rings is 1. The van der Waals surface area contributed by atoms with E-state index in [0.717, 1.165) is 17.1 Å². The van der Waals surface area contributed by atoms with E-state index in [1.807, 2.05) is 0 Å². The lowest BCUT2D eigenvalue weighted by Gasteiger charge is -2.28. The molecule has 0 amide bonds. The van der Waals surface area contributed by atoms with Gasteiger partial charge in [0.1, 0.15) is 0 Å². The van der Waals surface area contributed by atoms with Crippen LogP contribution in [0, 0.1) is 0 Å². The van der Waals surface area contributed by atoms with Crippen molar-refractivity contribution in [3.05, 3.63) is 29.3 Å². The van der Waals surface area contributed by atoms with Gasteiger partial charge in [0.2, 0.25) is 0 Å². The molecule has 1 aliphatic rings. The zero-order chi connectivity index (χ0) is 13.3. The fraction of sp³-hybridized carbons (Fsp3) is 0.600. The summed E-state index contributed by atoms with van der Waals surface area (Å²) in [5.74, 6) is 1.30. The monoisotopic (exact) mass is 265 g/mol. The van der Waals surface area contributed by atoms with Crippen LogP contribution in [0.5, 0.6) is 0 Å². The van der Waals surface area contributed by atoms with Crippen LogP contribution < -0.4 is 5.32 Å². The summed E-state index contributed by atoms with van der Waals surface area (Å²) in [6.07, 6.45) is 0.972. The van der Waals surface area contributed by atoms with Gasteiger partial charge in [-0.2, -0.15) is 0 Å². The summed E-state index contributed by atoms with van der Waals surface area (Å²) in [5, 5.41) is 3.59. The van der Waals surface area contributed by atoms with Crippen molar-refractivity contribution in [1.29, 1.82) is 0 Å². The van der Waals surface area contributed by atoms with E-state index in [9.17, 15) is 4.21 Å². The summed E-state index contributed by atoms with van der Waals surface area (Å²) in [7, 11) is -0.812. The molecule has 0 bridgehead atoms. The molecule has 0 saturated heterocycles. The molecule has 1 aromatic rings. The lowest BCUT2D eigenvalue weighted by molar-refractivity contribution is 0.455. The van der Waals surface area contributed by atoms with E-state index >= 15 is 0 Å². The van der Waals surface area contributed by atoms with Gasteiger partial charge in [-0.15, -0.1) is 0 Å². The van der Waals surface area contributed by atoms with Crippen LogP contribution in [0.1, 0.15) is 57.2 Å². The van der Waals surface area contributed by atoms with Gasteiger partial charge in [0, 0.05) is 22.7 Å². The van der Waals surface area contributed by atoms with Crippen LogP contribution >= 0.6 is 0 Å². The summed E-state index contributed by atoms with van der Waals surface area (Å²) in [5.41, 5.74) is 2.59. The van der Waals surface area contributed by atoms with E-state index in [1.54, 1.807) is 0 Å². The van der Waals surface area contributed by atoms with Crippen molar-refractivity contribution in [1.82, 2.24) is 5.32 Å². The zero-order valence-corrected chi connectivity index (χ0v) is 12.5. The van der Waals surface area contributed by atoms with Crippen molar-refractivity contribution < 1.29 is 4.21 Å². The van der Waals surface area contributed by atoms with E-state index in [0.29, 0.717) is 18.0 Å². The third-order valence-corrected chi connectivity index (χ3v) is 4.92. The number of rotatable bonds is 3. The molecule has 0 aromatic heterocycles. The van der Waals surface area contributed by atoms with Crippen molar-refractivity contribution >= 4 is 10.8 Å². The Morgan fingerprint density at radius 1 is 1.28 bits per heavy atom. The second-order valence-electron chi connectivity index (χ2n) is 5.66. The minimum atomic E-state index is -0.812. The molecular formula is C15H23NOS. The second kappa shape index (κ2) is 5.54. The van der Waals surface area contributed by atoms with E-state index < -0.39 is 10.8 Å². The fourth-order valence-corrected chi connectivity index (χ4v) is 3.83. The summed E-state index contributed by atoms with van der Waals surface area (Å²) in [4.78, 5) is 1.03. The Morgan fingerprint density at radius 2 is 2.00 bits per heavy atom. The molecule has 0 aliphatic carbocycles. The first-order valence-corrected chi connectivity index (χ1v) is 8.09. The molecule has 100 valence electrons. The topological polar surface area (TPSA) is 29.1 Å². The maximum Gasteiger partial charge on any atom is 0.0533 e. The Kier molecular flexibility index (Phi) is 4.23. The maximum absolute atomic E-state index is 12.1. The van der Waals surface area contributed by atoms with Gasteiger partial charge in [-0.25, -0.2) is 0 Å². The van der Waals surface area contributed by atoms with Gasteiger partial charge in [-0.1, -0.05) is 39.8 Å². The molecule has 1 aromatic carbocycles. The largest absolute Gasteiger partial charge is 0.308 e. The number of nitrogens with one attached hydrogen (secondary N) is 1. The van der Waals surface area contributed by atoms with E-state index in [2.05, 4.69) is 51.2 Å². The highest BCUT2D eigenvalue weighted by Gasteiger charge is 2.25.